The third-order valence-electron chi connectivity index (χ3n) is 6.00. The van der Waals surface area contributed by atoms with Crippen LogP contribution in [0.15, 0.2) is 72.8 Å². The van der Waals surface area contributed by atoms with Crippen LogP contribution >= 0.6 is 0 Å². The van der Waals surface area contributed by atoms with Crippen molar-refractivity contribution in [1.29, 1.82) is 0 Å². The third kappa shape index (κ3) is 5.70. The van der Waals surface area contributed by atoms with Crippen LogP contribution in [0.2, 0.25) is 0 Å². The van der Waals surface area contributed by atoms with Gasteiger partial charge in [-0.15, -0.1) is 0 Å². The van der Waals surface area contributed by atoms with Crippen LogP contribution < -0.4 is 9.47 Å². The van der Waals surface area contributed by atoms with Gasteiger partial charge in [-0.3, -0.25) is 0 Å². The molecule has 170 valence electrons. The van der Waals surface area contributed by atoms with Gasteiger partial charge < -0.3 is 9.47 Å². The molecule has 3 aromatic carbocycles. The average Bonchev–Trinajstić information content (AvgIpc) is 3.36. The maximum atomic E-state index is 13.0. The molecular formula is C29H30O4. The summed E-state index contributed by atoms with van der Waals surface area (Å²) in [6.45, 7) is 4.32. The van der Waals surface area contributed by atoms with Gasteiger partial charge >= 0.3 is 11.9 Å². The monoisotopic (exact) mass is 442 g/mol. The first kappa shape index (κ1) is 22.8. The summed E-state index contributed by atoms with van der Waals surface area (Å²) in [6.07, 6.45) is 5.21. The first-order valence-corrected chi connectivity index (χ1v) is 11.7. The Morgan fingerprint density at radius 1 is 0.818 bits per heavy atom. The lowest BCUT2D eigenvalue weighted by atomic mass is 9.92. The lowest BCUT2D eigenvalue weighted by Gasteiger charge is -2.21. The van der Waals surface area contributed by atoms with Crippen molar-refractivity contribution < 1.29 is 19.1 Å². The van der Waals surface area contributed by atoms with Crippen LogP contribution in [0.1, 0.15) is 77.3 Å². The van der Waals surface area contributed by atoms with Crippen LogP contribution in [0.4, 0.5) is 0 Å². The van der Waals surface area contributed by atoms with E-state index in [4.69, 9.17) is 9.47 Å². The second-order valence-corrected chi connectivity index (χ2v) is 9.10. The molecule has 1 aliphatic rings. The van der Waals surface area contributed by atoms with Gasteiger partial charge in [-0.25, -0.2) is 9.59 Å². The second-order valence-electron chi connectivity index (χ2n) is 9.10. The van der Waals surface area contributed by atoms with Gasteiger partial charge in [0.2, 0.25) is 0 Å². The quantitative estimate of drug-likeness (QED) is 0.292. The van der Waals surface area contributed by atoms with E-state index in [1.54, 1.807) is 48.5 Å². The highest BCUT2D eigenvalue weighted by Gasteiger charge is 2.27. The van der Waals surface area contributed by atoms with Crippen LogP contribution in [0.3, 0.4) is 0 Å². The van der Waals surface area contributed by atoms with Crippen molar-refractivity contribution in [3.63, 3.8) is 0 Å². The van der Waals surface area contributed by atoms with Gasteiger partial charge in [-0.2, -0.15) is 0 Å². The molecule has 4 heteroatoms. The number of carbonyl (C=O) groups excluding carboxylic acids is 2. The van der Waals surface area contributed by atoms with Crippen molar-refractivity contribution in [3.05, 3.63) is 95.1 Å². The summed E-state index contributed by atoms with van der Waals surface area (Å²) < 4.78 is 11.8. The fourth-order valence-electron chi connectivity index (χ4n) is 4.46. The van der Waals surface area contributed by atoms with Crippen LogP contribution in [-0.2, 0) is 6.42 Å². The molecule has 0 N–H and O–H groups in total. The smallest absolute Gasteiger partial charge is 0.343 e. The van der Waals surface area contributed by atoms with Gasteiger partial charge in [0, 0.05) is 5.56 Å². The maximum absolute atomic E-state index is 13.0. The van der Waals surface area contributed by atoms with Crippen molar-refractivity contribution in [3.8, 4) is 11.5 Å². The number of hydrogen-bond donors (Lipinski definition) is 0. The predicted molar refractivity (Wildman–Crippen MR) is 129 cm³/mol. The fraction of sp³-hybridized carbons (Fsp3) is 0.310. The molecule has 0 spiro atoms. The van der Waals surface area contributed by atoms with E-state index in [2.05, 4.69) is 19.9 Å². The molecule has 1 saturated carbocycles. The zero-order chi connectivity index (χ0) is 23.2. The minimum atomic E-state index is -0.466. The third-order valence-corrected chi connectivity index (χ3v) is 6.00. The lowest BCUT2D eigenvalue weighted by Crippen LogP contribution is -2.15. The highest BCUT2D eigenvalue weighted by Crippen LogP contribution is 2.44. The van der Waals surface area contributed by atoms with Gasteiger partial charge in [0.1, 0.15) is 0 Å². The summed E-state index contributed by atoms with van der Waals surface area (Å²) in [4.78, 5) is 25.9. The van der Waals surface area contributed by atoms with Crippen molar-refractivity contribution in [1.82, 2.24) is 0 Å². The van der Waals surface area contributed by atoms with E-state index >= 15 is 0 Å². The standard InChI is InChI=1S/C29H30O4/c1-20(2)17-21-18-25(22-11-9-10-12-22)27(33-29(31)24-15-7-4-8-16-24)26(19-21)32-28(30)23-13-5-3-6-14-23/h3-8,13-16,18-20,22H,9-12,17H2,1-2H3. The molecule has 0 aromatic heterocycles. The van der Waals surface area contributed by atoms with Gasteiger partial charge in [0.25, 0.3) is 0 Å². The Morgan fingerprint density at radius 3 is 1.91 bits per heavy atom. The van der Waals surface area contributed by atoms with Crippen LogP contribution in [0.25, 0.3) is 0 Å². The van der Waals surface area contributed by atoms with E-state index in [0.29, 0.717) is 28.5 Å². The van der Waals surface area contributed by atoms with E-state index in [0.717, 1.165) is 43.2 Å². The van der Waals surface area contributed by atoms with Crippen LogP contribution in [-0.4, -0.2) is 11.9 Å². The molecule has 0 unspecified atom stereocenters. The van der Waals surface area contributed by atoms with E-state index < -0.39 is 11.9 Å². The van der Waals surface area contributed by atoms with Crippen LogP contribution in [0, 0.1) is 5.92 Å². The number of esters is 2. The maximum Gasteiger partial charge on any atom is 0.343 e. The molecule has 4 nitrogen and oxygen atoms in total. The first-order valence-electron chi connectivity index (χ1n) is 11.7. The minimum Gasteiger partial charge on any atom is -0.419 e. The minimum absolute atomic E-state index is 0.282. The topological polar surface area (TPSA) is 52.6 Å². The zero-order valence-electron chi connectivity index (χ0n) is 19.3. The zero-order valence-corrected chi connectivity index (χ0v) is 19.3. The molecule has 33 heavy (non-hydrogen) atoms. The molecule has 0 bridgehead atoms. The summed E-state index contributed by atoms with van der Waals surface area (Å²) in [5.74, 6) is 0.484. The summed E-state index contributed by atoms with van der Waals surface area (Å²) in [7, 11) is 0. The van der Waals surface area contributed by atoms with E-state index in [1.165, 1.54) is 0 Å². The highest BCUT2D eigenvalue weighted by molar-refractivity contribution is 5.93. The highest BCUT2D eigenvalue weighted by atomic mass is 16.6. The molecule has 1 aliphatic carbocycles. The van der Waals surface area contributed by atoms with Gasteiger partial charge in [0.15, 0.2) is 11.5 Å². The van der Waals surface area contributed by atoms with Gasteiger partial charge in [-0.05, 0) is 67.0 Å². The molecule has 3 aromatic rings. The number of rotatable bonds is 7. The van der Waals surface area contributed by atoms with Crippen molar-refractivity contribution >= 4 is 11.9 Å². The summed E-state index contributed by atoms with van der Waals surface area (Å²) in [5, 5.41) is 0. The molecule has 0 amide bonds. The summed E-state index contributed by atoms with van der Waals surface area (Å²) in [6, 6.07) is 21.8. The summed E-state index contributed by atoms with van der Waals surface area (Å²) >= 11 is 0. The number of carbonyl (C=O) groups is 2. The molecule has 0 saturated heterocycles. The van der Waals surface area contributed by atoms with Gasteiger partial charge in [-0.1, -0.05) is 69.2 Å². The largest absolute Gasteiger partial charge is 0.419 e. The molecule has 0 aliphatic heterocycles. The van der Waals surface area contributed by atoms with Crippen molar-refractivity contribution in [2.45, 2.75) is 51.9 Å². The van der Waals surface area contributed by atoms with Crippen LogP contribution in [0.5, 0.6) is 11.5 Å². The molecule has 0 heterocycles. The summed E-state index contributed by atoms with van der Waals surface area (Å²) in [5.41, 5.74) is 2.96. The Labute approximate surface area is 195 Å². The molecule has 0 atom stereocenters. The van der Waals surface area contributed by atoms with E-state index in [1.807, 2.05) is 18.2 Å². The number of ether oxygens (including phenoxy) is 2. The average molecular weight is 443 g/mol. The van der Waals surface area contributed by atoms with E-state index in [9.17, 15) is 9.59 Å². The number of benzene rings is 3. The Kier molecular flexibility index (Phi) is 7.23. The van der Waals surface area contributed by atoms with Crippen molar-refractivity contribution in [2.24, 2.45) is 5.92 Å². The van der Waals surface area contributed by atoms with Gasteiger partial charge in [0.05, 0.1) is 11.1 Å². The molecule has 0 radical (unpaired) electrons. The lowest BCUT2D eigenvalue weighted by molar-refractivity contribution is 0.0680. The van der Waals surface area contributed by atoms with Crippen molar-refractivity contribution in [2.75, 3.05) is 0 Å². The second kappa shape index (κ2) is 10.5. The Morgan fingerprint density at radius 2 is 1.36 bits per heavy atom. The normalized spacial score (nSPS) is 13.8. The molecule has 1 fully saturated rings. The SMILES string of the molecule is CC(C)Cc1cc(OC(=O)c2ccccc2)c(OC(=O)c2ccccc2)c(C2CCCC2)c1. The molecular weight excluding hydrogens is 412 g/mol. The first-order chi connectivity index (χ1) is 16.0. The Balaban J connectivity index is 1.77. The fourth-order valence-corrected chi connectivity index (χ4v) is 4.46. The van der Waals surface area contributed by atoms with E-state index in [-0.39, 0.29) is 5.92 Å². The molecule has 4 rings (SSSR count). The Hall–Kier alpha value is -3.40. The number of hydrogen-bond acceptors (Lipinski definition) is 4. The Bertz CT molecular complexity index is 1100. The predicted octanol–water partition coefficient (Wildman–Crippen LogP) is 6.98.